The van der Waals surface area contributed by atoms with E-state index in [1.165, 1.54) is 0 Å². The average Bonchev–Trinajstić information content (AvgIpc) is 2.73. The van der Waals surface area contributed by atoms with Crippen molar-refractivity contribution >= 4 is 33.8 Å². The summed E-state index contributed by atoms with van der Waals surface area (Å²) >= 11 is 3.43. The number of ether oxygens (including phenoxy) is 1. The molecule has 0 bridgehead atoms. The summed E-state index contributed by atoms with van der Waals surface area (Å²) in [5.41, 5.74) is 7.19. The maximum Gasteiger partial charge on any atom is 0.408 e. The van der Waals surface area contributed by atoms with E-state index in [2.05, 4.69) is 26.6 Å². The van der Waals surface area contributed by atoms with Gasteiger partial charge < -0.3 is 21.1 Å². The number of carbonyl (C=O) groups is 3. The van der Waals surface area contributed by atoms with Crippen LogP contribution in [0.2, 0.25) is 0 Å². The third kappa shape index (κ3) is 8.41. The smallest absolute Gasteiger partial charge is 0.408 e. The van der Waals surface area contributed by atoms with E-state index in [1.807, 2.05) is 68.4 Å². The molecule has 0 radical (unpaired) electrons. The van der Waals surface area contributed by atoms with Crippen molar-refractivity contribution in [2.75, 3.05) is 0 Å². The summed E-state index contributed by atoms with van der Waals surface area (Å²) in [6, 6.07) is 14.9. The van der Waals surface area contributed by atoms with Crippen molar-refractivity contribution in [3.63, 3.8) is 0 Å². The minimum atomic E-state index is -0.914. The van der Waals surface area contributed by atoms with Crippen molar-refractivity contribution in [1.29, 1.82) is 0 Å². The molecule has 2 aromatic carbocycles. The lowest BCUT2D eigenvalue weighted by molar-refractivity contribution is -0.128. The van der Waals surface area contributed by atoms with Gasteiger partial charge in [-0.3, -0.25) is 9.59 Å². The molecule has 7 nitrogen and oxygen atoms in total. The van der Waals surface area contributed by atoms with Crippen LogP contribution in [0.15, 0.2) is 59.1 Å². The Morgan fingerprint density at radius 2 is 1.61 bits per heavy atom. The Bertz CT molecular complexity index is 889. The molecule has 0 aliphatic rings. The molecule has 0 heterocycles. The molecule has 2 atom stereocenters. The molecule has 0 saturated heterocycles. The van der Waals surface area contributed by atoms with Gasteiger partial charge in [0, 0.05) is 10.9 Å². The van der Waals surface area contributed by atoms with E-state index in [0.29, 0.717) is 6.42 Å². The number of primary amides is 1. The molecule has 2 rings (SSSR count). The van der Waals surface area contributed by atoms with Gasteiger partial charge in [0.1, 0.15) is 18.7 Å². The first kappa shape index (κ1) is 24.4. The number of carbonyl (C=O) groups excluding carboxylic acids is 3. The number of benzene rings is 2. The maximum absolute atomic E-state index is 12.9. The Morgan fingerprint density at radius 3 is 2.23 bits per heavy atom. The summed E-state index contributed by atoms with van der Waals surface area (Å²) in [4.78, 5) is 37.1. The number of alkyl carbamates (subject to hydrolysis) is 1. The molecule has 4 N–H and O–H groups in total. The zero-order chi connectivity index (χ0) is 22.8. The van der Waals surface area contributed by atoms with Crippen molar-refractivity contribution in [3.8, 4) is 0 Å². The first-order valence-electron chi connectivity index (χ1n) is 10.1. The van der Waals surface area contributed by atoms with Crippen LogP contribution in [0.5, 0.6) is 0 Å². The van der Waals surface area contributed by atoms with Gasteiger partial charge in [-0.2, -0.15) is 0 Å². The summed E-state index contributed by atoms with van der Waals surface area (Å²) in [5.74, 6) is -1.01. The van der Waals surface area contributed by atoms with Gasteiger partial charge >= 0.3 is 6.09 Å². The lowest BCUT2D eigenvalue weighted by atomic mass is 10.0. The second kappa shape index (κ2) is 12.1. The standard InChI is InChI=1S/C23H28BrN3O4/c1-15(2)12-20(27-23(30)31-14-16-8-4-3-5-9-16)22(29)26-19(21(25)28)13-17-10-6-7-11-18(17)24/h3-11,15,19-20H,12-14H2,1-2H3,(H2,25,28)(H,26,29)(H,27,30)/t19-,20+/m1/s1. The van der Waals surface area contributed by atoms with Crippen LogP contribution in [0.4, 0.5) is 4.79 Å². The molecule has 0 unspecified atom stereocenters. The minimum Gasteiger partial charge on any atom is -0.445 e. The van der Waals surface area contributed by atoms with Crippen LogP contribution in [0, 0.1) is 5.92 Å². The Labute approximate surface area is 190 Å². The van der Waals surface area contributed by atoms with Crippen molar-refractivity contribution in [3.05, 3.63) is 70.2 Å². The molecule has 0 saturated carbocycles. The largest absolute Gasteiger partial charge is 0.445 e. The van der Waals surface area contributed by atoms with Crippen LogP contribution in [-0.4, -0.2) is 30.0 Å². The fourth-order valence-corrected chi connectivity index (χ4v) is 3.44. The van der Waals surface area contributed by atoms with Crippen molar-refractivity contribution in [2.24, 2.45) is 11.7 Å². The van der Waals surface area contributed by atoms with Crippen LogP contribution < -0.4 is 16.4 Å². The Balaban J connectivity index is 2.01. The van der Waals surface area contributed by atoms with Crippen molar-refractivity contribution in [1.82, 2.24) is 10.6 Å². The van der Waals surface area contributed by atoms with Gasteiger partial charge in [-0.1, -0.05) is 78.3 Å². The van der Waals surface area contributed by atoms with Gasteiger partial charge in [-0.25, -0.2) is 4.79 Å². The molecule has 8 heteroatoms. The SMILES string of the molecule is CC(C)C[C@H](NC(=O)OCc1ccccc1)C(=O)N[C@H](Cc1ccccc1Br)C(N)=O. The molecule has 0 aromatic heterocycles. The molecule has 3 amide bonds. The summed E-state index contributed by atoms with van der Waals surface area (Å²) < 4.78 is 6.04. The van der Waals surface area contributed by atoms with Gasteiger partial charge in [0.2, 0.25) is 11.8 Å². The third-order valence-electron chi connectivity index (χ3n) is 4.57. The van der Waals surface area contributed by atoms with Crippen LogP contribution in [0.1, 0.15) is 31.4 Å². The predicted octanol–water partition coefficient (Wildman–Crippen LogP) is 3.30. The average molecular weight is 490 g/mol. The predicted molar refractivity (Wildman–Crippen MR) is 122 cm³/mol. The molecule has 2 aromatic rings. The monoisotopic (exact) mass is 489 g/mol. The van der Waals surface area contributed by atoms with E-state index >= 15 is 0 Å². The van der Waals surface area contributed by atoms with Crippen LogP contribution in [0.25, 0.3) is 0 Å². The highest BCUT2D eigenvalue weighted by atomic mass is 79.9. The molecule has 0 spiro atoms. The lowest BCUT2D eigenvalue weighted by Gasteiger charge is -2.23. The normalized spacial score (nSPS) is 12.6. The molecule has 166 valence electrons. The molecular weight excluding hydrogens is 462 g/mol. The lowest BCUT2D eigenvalue weighted by Crippen LogP contribution is -2.54. The van der Waals surface area contributed by atoms with E-state index in [-0.39, 0.29) is 18.9 Å². The number of hydrogen-bond donors (Lipinski definition) is 3. The van der Waals surface area contributed by atoms with E-state index in [4.69, 9.17) is 10.5 Å². The maximum atomic E-state index is 12.9. The number of halogens is 1. The molecule has 0 aliphatic heterocycles. The Hall–Kier alpha value is -2.87. The van der Waals surface area contributed by atoms with Crippen LogP contribution in [-0.2, 0) is 27.4 Å². The van der Waals surface area contributed by atoms with Gasteiger partial charge in [0.15, 0.2) is 0 Å². The van der Waals surface area contributed by atoms with Crippen molar-refractivity contribution in [2.45, 2.75) is 45.4 Å². The second-order valence-corrected chi connectivity index (χ2v) is 8.50. The first-order valence-corrected chi connectivity index (χ1v) is 10.9. The number of rotatable bonds is 10. The van der Waals surface area contributed by atoms with Crippen molar-refractivity contribution < 1.29 is 19.1 Å². The van der Waals surface area contributed by atoms with E-state index < -0.39 is 30.0 Å². The number of hydrogen-bond acceptors (Lipinski definition) is 4. The molecule has 0 aliphatic carbocycles. The molecule has 31 heavy (non-hydrogen) atoms. The van der Waals surface area contributed by atoms with Crippen LogP contribution in [0.3, 0.4) is 0 Å². The van der Waals surface area contributed by atoms with E-state index in [0.717, 1.165) is 15.6 Å². The summed E-state index contributed by atoms with van der Waals surface area (Å²) in [6.45, 7) is 3.96. The fraction of sp³-hybridized carbons (Fsp3) is 0.348. The Morgan fingerprint density at radius 1 is 0.968 bits per heavy atom. The highest BCUT2D eigenvalue weighted by Gasteiger charge is 2.27. The quantitative estimate of drug-likeness (QED) is 0.475. The number of nitrogens with two attached hydrogens (primary N) is 1. The number of amides is 3. The minimum absolute atomic E-state index is 0.0919. The summed E-state index contributed by atoms with van der Waals surface area (Å²) in [6.07, 6.45) is -0.0895. The third-order valence-corrected chi connectivity index (χ3v) is 5.34. The van der Waals surface area contributed by atoms with Crippen LogP contribution >= 0.6 is 15.9 Å². The summed E-state index contributed by atoms with van der Waals surface area (Å²) in [7, 11) is 0. The zero-order valence-electron chi connectivity index (χ0n) is 17.6. The second-order valence-electron chi connectivity index (χ2n) is 7.65. The molecular formula is C23H28BrN3O4. The van der Waals surface area contributed by atoms with Gasteiger partial charge in [0.05, 0.1) is 0 Å². The van der Waals surface area contributed by atoms with Gasteiger partial charge in [-0.05, 0) is 29.5 Å². The van der Waals surface area contributed by atoms with E-state index in [1.54, 1.807) is 0 Å². The van der Waals surface area contributed by atoms with Gasteiger partial charge in [0.25, 0.3) is 0 Å². The van der Waals surface area contributed by atoms with Gasteiger partial charge in [-0.15, -0.1) is 0 Å². The van der Waals surface area contributed by atoms with E-state index in [9.17, 15) is 14.4 Å². The molecule has 0 fully saturated rings. The topological polar surface area (TPSA) is 111 Å². The highest BCUT2D eigenvalue weighted by Crippen LogP contribution is 2.17. The Kier molecular flexibility index (Phi) is 9.52. The first-order chi connectivity index (χ1) is 14.8. The zero-order valence-corrected chi connectivity index (χ0v) is 19.2. The number of nitrogens with one attached hydrogen (secondary N) is 2. The highest BCUT2D eigenvalue weighted by molar-refractivity contribution is 9.10. The summed E-state index contributed by atoms with van der Waals surface area (Å²) in [5, 5.41) is 5.28. The fourth-order valence-electron chi connectivity index (χ4n) is 2.99.